The first-order chi connectivity index (χ1) is 8.19. The van der Waals surface area contributed by atoms with E-state index >= 15 is 0 Å². The Kier molecular flexibility index (Phi) is 4.54. The van der Waals surface area contributed by atoms with Crippen molar-refractivity contribution in [1.29, 1.82) is 0 Å². The van der Waals surface area contributed by atoms with E-state index < -0.39 is 0 Å². The smallest absolute Gasteiger partial charge is 0.107 e. The van der Waals surface area contributed by atoms with Gasteiger partial charge in [0.15, 0.2) is 0 Å². The van der Waals surface area contributed by atoms with Crippen molar-refractivity contribution in [3.05, 3.63) is 16.1 Å². The van der Waals surface area contributed by atoms with E-state index in [1.165, 1.54) is 24.5 Å². The van der Waals surface area contributed by atoms with E-state index in [1.807, 2.05) is 0 Å². The lowest BCUT2D eigenvalue weighted by molar-refractivity contribution is 0.142. The second-order valence-electron chi connectivity index (χ2n) is 5.05. The molecule has 0 aliphatic carbocycles. The number of hydrogen-bond acceptors (Lipinski definition) is 4. The number of aryl methyl sites for hydroxylation is 1. The van der Waals surface area contributed by atoms with Crippen LogP contribution in [0.1, 0.15) is 31.0 Å². The summed E-state index contributed by atoms with van der Waals surface area (Å²) in [5.74, 6) is 0.741. The van der Waals surface area contributed by atoms with Crippen molar-refractivity contribution in [3.8, 4) is 0 Å². The van der Waals surface area contributed by atoms with Gasteiger partial charge < -0.3 is 5.32 Å². The van der Waals surface area contributed by atoms with Crippen molar-refractivity contribution in [3.63, 3.8) is 0 Å². The zero-order chi connectivity index (χ0) is 12.3. The molecule has 0 saturated carbocycles. The van der Waals surface area contributed by atoms with Gasteiger partial charge >= 0.3 is 0 Å². The second-order valence-corrected chi connectivity index (χ2v) is 5.99. The third kappa shape index (κ3) is 3.50. The molecular formula is C13H23N3S. The lowest BCUT2D eigenvalue weighted by atomic mass is 9.94. The molecule has 1 saturated heterocycles. The molecular weight excluding hydrogens is 230 g/mol. The summed E-state index contributed by atoms with van der Waals surface area (Å²) in [4.78, 5) is 7.08. The first kappa shape index (κ1) is 13.0. The van der Waals surface area contributed by atoms with Crippen molar-refractivity contribution >= 4 is 11.3 Å². The van der Waals surface area contributed by atoms with Gasteiger partial charge in [-0.1, -0.05) is 13.8 Å². The van der Waals surface area contributed by atoms with Crippen molar-refractivity contribution in [1.82, 2.24) is 15.2 Å². The van der Waals surface area contributed by atoms with Crippen molar-refractivity contribution < 1.29 is 0 Å². The lowest BCUT2D eigenvalue weighted by Gasteiger charge is -2.36. The predicted octanol–water partition coefficient (Wildman–Crippen LogP) is 2.27. The van der Waals surface area contributed by atoms with E-state index in [1.54, 1.807) is 11.3 Å². The maximum Gasteiger partial charge on any atom is 0.107 e. The van der Waals surface area contributed by atoms with Crippen LogP contribution in [0.15, 0.2) is 5.38 Å². The molecule has 2 heterocycles. The Morgan fingerprint density at radius 2 is 2.41 bits per heavy atom. The van der Waals surface area contributed by atoms with Gasteiger partial charge in [-0.2, -0.15) is 0 Å². The van der Waals surface area contributed by atoms with Crippen LogP contribution in [0.2, 0.25) is 0 Å². The minimum atomic E-state index is 0.703. The molecule has 1 fully saturated rings. The molecule has 2 atom stereocenters. The SMILES string of the molecule is CCNC1CCN(Cc2nc(C)cs2)CC1C. The molecule has 0 amide bonds. The molecule has 1 aliphatic heterocycles. The highest BCUT2D eigenvalue weighted by atomic mass is 32.1. The molecule has 0 bridgehead atoms. The van der Waals surface area contributed by atoms with Crippen LogP contribution in [-0.4, -0.2) is 35.6 Å². The van der Waals surface area contributed by atoms with Crippen LogP contribution in [0.25, 0.3) is 0 Å². The summed E-state index contributed by atoms with van der Waals surface area (Å²) in [7, 11) is 0. The maximum atomic E-state index is 4.55. The normalized spacial score (nSPS) is 26.3. The number of nitrogens with one attached hydrogen (secondary N) is 1. The van der Waals surface area contributed by atoms with Gasteiger partial charge in [-0.15, -0.1) is 11.3 Å². The van der Waals surface area contributed by atoms with Gasteiger partial charge in [0.05, 0.1) is 6.54 Å². The van der Waals surface area contributed by atoms with Crippen LogP contribution in [0.4, 0.5) is 0 Å². The summed E-state index contributed by atoms with van der Waals surface area (Å²) < 4.78 is 0. The van der Waals surface area contributed by atoms with Gasteiger partial charge in [-0.05, 0) is 25.8 Å². The fourth-order valence-electron chi connectivity index (χ4n) is 2.61. The summed E-state index contributed by atoms with van der Waals surface area (Å²) in [6, 6.07) is 0.703. The van der Waals surface area contributed by atoms with Gasteiger partial charge in [0, 0.05) is 30.2 Å². The molecule has 1 aliphatic rings. The molecule has 4 heteroatoms. The average molecular weight is 253 g/mol. The molecule has 2 rings (SSSR count). The van der Waals surface area contributed by atoms with E-state index in [9.17, 15) is 0 Å². The number of piperidine rings is 1. The zero-order valence-corrected chi connectivity index (χ0v) is 11.9. The summed E-state index contributed by atoms with van der Waals surface area (Å²) in [5, 5.41) is 6.99. The Balaban J connectivity index is 1.85. The summed E-state index contributed by atoms with van der Waals surface area (Å²) in [5.41, 5.74) is 1.15. The number of thiazole rings is 1. The minimum absolute atomic E-state index is 0.703. The molecule has 3 nitrogen and oxygen atoms in total. The number of aromatic nitrogens is 1. The molecule has 2 unspecified atom stereocenters. The lowest BCUT2D eigenvalue weighted by Crippen LogP contribution is -2.47. The third-order valence-corrected chi connectivity index (χ3v) is 4.43. The Morgan fingerprint density at radius 1 is 1.59 bits per heavy atom. The first-order valence-corrected chi connectivity index (χ1v) is 7.43. The molecule has 1 aromatic heterocycles. The molecule has 1 N–H and O–H groups in total. The number of nitrogens with zero attached hydrogens (tertiary/aromatic N) is 2. The second kappa shape index (κ2) is 5.94. The quantitative estimate of drug-likeness (QED) is 0.892. The summed E-state index contributed by atoms with van der Waals surface area (Å²) in [6.07, 6.45) is 1.26. The largest absolute Gasteiger partial charge is 0.314 e. The molecule has 0 radical (unpaired) electrons. The van der Waals surface area contributed by atoms with Crippen LogP contribution in [0.5, 0.6) is 0 Å². The molecule has 0 aromatic carbocycles. The van der Waals surface area contributed by atoms with Gasteiger partial charge in [0.1, 0.15) is 5.01 Å². The van der Waals surface area contributed by atoms with E-state index in [2.05, 4.69) is 41.4 Å². The van der Waals surface area contributed by atoms with Gasteiger partial charge in [0.2, 0.25) is 0 Å². The molecule has 1 aromatic rings. The molecule has 17 heavy (non-hydrogen) atoms. The van der Waals surface area contributed by atoms with Gasteiger partial charge in [-0.25, -0.2) is 4.98 Å². The number of hydrogen-bond donors (Lipinski definition) is 1. The first-order valence-electron chi connectivity index (χ1n) is 6.55. The van der Waals surface area contributed by atoms with Crippen molar-refractivity contribution in [2.75, 3.05) is 19.6 Å². The highest BCUT2D eigenvalue weighted by Crippen LogP contribution is 2.20. The highest BCUT2D eigenvalue weighted by molar-refractivity contribution is 7.09. The van der Waals surface area contributed by atoms with E-state index in [-0.39, 0.29) is 0 Å². The van der Waals surface area contributed by atoms with E-state index in [0.29, 0.717) is 6.04 Å². The van der Waals surface area contributed by atoms with Crippen LogP contribution in [-0.2, 0) is 6.54 Å². The topological polar surface area (TPSA) is 28.2 Å². The third-order valence-electron chi connectivity index (χ3n) is 3.48. The fraction of sp³-hybridized carbons (Fsp3) is 0.769. The van der Waals surface area contributed by atoms with Crippen molar-refractivity contribution in [2.45, 2.75) is 39.8 Å². The Bertz CT molecular complexity index is 350. The minimum Gasteiger partial charge on any atom is -0.314 e. The Labute approximate surface area is 108 Å². The maximum absolute atomic E-state index is 4.55. The Morgan fingerprint density at radius 3 is 3.00 bits per heavy atom. The van der Waals surface area contributed by atoms with Gasteiger partial charge in [-0.3, -0.25) is 4.90 Å². The van der Waals surface area contributed by atoms with E-state index in [4.69, 9.17) is 0 Å². The van der Waals surface area contributed by atoms with Gasteiger partial charge in [0.25, 0.3) is 0 Å². The number of likely N-dealkylation sites (tertiary alicyclic amines) is 1. The summed E-state index contributed by atoms with van der Waals surface area (Å²) in [6.45, 7) is 11.1. The monoisotopic (exact) mass is 253 g/mol. The molecule has 96 valence electrons. The van der Waals surface area contributed by atoms with Crippen molar-refractivity contribution in [2.24, 2.45) is 5.92 Å². The van der Waals surface area contributed by atoms with E-state index in [0.717, 1.165) is 24.7 Å². The molecule has 0 spiro atoms. The summed E-state index contributed by atoms with van der Waals surface area (Å²) >= 11 is 1.79. The van der Waals surface area contributed by atoms with Crippen LogP contribution >= 0.6 is 11.3 Å². The highest BCUT2D eigenvalue weighted by Gasteiger charge is 2.25. The standard InChI is InChI=1S/C13H23N3S/c1-4-14-12-5-6-16(7-10(12)2)8-13-15-11(3)9-17-13/h9-10,12,14H,4-8H2,1-3H3. The Hall–Kier alpha value is -0.450. The van der Waals surface area contributed by atoms with Crippen LogP contribution in [0.3, 0.4) is 0 Å². The average Bonchev–Trinajstić information content (AvgIpc) is 2.68. The van der Waals surface area contributed by atoms with Crippen LogP contribution < -0.4 is 5.32 Å². The zero-order valence-electron chi connectivity index (χ0n) is 11.1. The fourth-order valence-corrected chi connectivity index (χ4v) is 3.42. The number of rotatable bonds is 4. The predicted molar refractivity (Wildman–Crippen MR) is 73.4 cm³/mol. The van der Waals surface area contributed by atoms with Crippen LogP contribution in [0, 0.1) is 12.8 Å².